The van der Waals surface area contributed by atoms with Gasteiger partial charge in [0, 0.05) is 24.1 Å². The Bertz CT molecular complexity index is 580. The molecule has 0 spiro atoms. The molecule has 6 nitrogen and oxygen atoms in total. The summed E-state index contributed by atoms with van der Waals surface area (Å²) < 4.78 is 0. The monoisotopic (exact) mass is 274 g/mol. The second-order valence-corrected chi connectivity index (χ2v) is 4.65. The van der Waals surface area contributed by atoms with Crippen LogP contribution in [0.25, 0.3) is 11.3 Å². The second-order valence-electron chi connectivity index (χ2n) is 4.65. The van der Waals surface area contributed by atoms with Gasteiger partial charge in [-0.25, -0.2) is 4.98 Å². The summed E-state index contributed by atoms with van der Waals surface area (Å²) in [6, 6.07) is 6.53. The number of aromatic amines is 1. The molecular formula is C14H18N4O2. The fourth-order valence-electron chi connectivity index (χ4n) is 2.04. The van der Waals surface area contributed by atoms with Crippen molar-refractivity contribution in [1.29, 1.82) is 0 Å². The summed E-state index contributed by atoms with van der Waals surface area (Å²) >= 11 is 0. The van der Waals surface area contributed by atoms with Crippen LogP contribution in [0.15, 0.2) is 30.5 Å². The highest BCUT2D eigenvalue weighted by Crippen LogP contribution is 2.22. The van der Waals surface area contributed by atoms with Gasteiger partial charge in [-0.2, -0.15) is 0 Å². The lowest BCUT2D eigenvalue weighted by atomic mass is 10.1. The van der Waals surface area contributed by atoms with E-state index in [0.29, 0.717) is 0 Å². The number of hydrogen-bond donors (Lipinski definition) is 2. The van der Waals surface area contributed by atoms with Gasteiger partial charge in [-0.05, 0) is 19.4 Å². The average molecular weight is 274 g/mol. The van der Waals surface area contributed by atoms with Crippen molar-refractivity contribution in [2.24, 2.45) is 5.73 Å². The summed E-state index contributed by atoms with van der Waals surface area (Å²) in [6.07, 6.45) is 5.74. The van der Waals surface area contributed by atoms with E-state index >= 15 is 0 Å². The molecule has 106 valence electrons. The highest BCUT2D eigenvalue weighted by atomic mass is 16.6. The van der Waals surface area contributed by atoms with Gasteiger partial charge in [-0.15, -0.1) is 0 Å². The summed E-state index contributed by atoms with van der Waals surface area (Å²) in [4.78, 5) is 17.9. The van der Waals surface area contributed by atoms with E-state index in [9.17, 15) is 10.1 Å². The molecular weight excluding hydrogens is 256 g/mol. The Hall–Kier alpha value is -2.21. The normalized spacial score (nSPS) is 10.7. The summed E-state index contributed by atoms with van der Waals surface area (Å²) in [5.41, 5.74) is 7.12. The number of imidazole rings is 1. The van der Waals surface area contributed by atoms with Gasteiger partial charge in [-0.3, -0.25) is 10.1 Å². The lowest BCUT2D eigenvalue weighted by Gasteiger charge is -1.99. The van der Waals surface area contributed by atoms with Gasteiger partial charge < -0.3 is 10.7 Å². The molecule has 0 atom stereocenters. The molecule has 0 aliphatic heterocycles. The number of nitrogens with two attached hydrogens (primary N) is 1. The zero-order valence-electron chi connectivity index (χ0n) is 11.2. The molecule has 0 saturated heterocycles. The second kappa shape index (κ2) is 6.81. The Balaban J connectivity index is 2.04. The lowest BCUT2D eigenvalue weighted by Crippen LogP contribution is -1.98. The third-order valence-corrected chi connectivity index (χ3v) is 3.11. The first-order valence-corrected chi connectivity index (χ1v) is 6.69. The minimum absolute atomic E-state index is 0.0848. The predicted molar refractivity (Wildman–Crippen MR) is 77.3 cm³/mol. The fraction of sp³-hybridized carbons (Fsp3) is 0.357. The van der Waals surface area contributed by atoms with Gasteiger partial charge in [-0.1, -0.05) is 18.6 Å². The van der Waals surface area contributed by atoms with Crippen LogP contribution < -0.4 is 5.73 Å². The number of benzene rings is 1. The van der Waals surface area contributed by atoms with Crippen molar-refractivity contribution in [3.8, 4) is 11.3 Å². The Morgan fingerprint density at radius 2 is 2.15 bits per heavy atom. The van der Waals surface area contributed by atoms with E-state index in [0.717, 1.165) is 49.3 Å². The molecule has 20 heavy (non-hydrogen) atoms. The van der Waals surface area contributed by atoms with Crippen molar-refractivity contribution in [2.45, 2.75) is 25.7 Å². The first-order valence-electron chi connectivity index (χ1n) is 6.69. The predicted octanol–water partition coefficient (Wildman–Crippen LogP) is 2.66. The fourth-order valence-corrected chi connectivity index (χ4v) is 2.04. The van der Waals surface area contributed by atoms with E-state index in [-0.39, 0.29) is 5.69 Å². The number of unbranched alkanes of at least 4 members (excludes halogenated alkanes) is 2. The van der Waals surface area contributed by atoms with Crippen LogP contribution in [0.5, 0.6) is 0 Å². The van der Waals surface area contributed by atoms with Crippen LogP contribution >= 0.6 is 0 Å². The van der Waals surface area contributed by atoms with Crippen LogP contribution in [0.3, 0.4) is 0 Å². The number of nitro groups is 1. The average Bonchev–Trinajstić information content (AvgIpc) is 2.92. The van der Waals surface area contributed by atoms with Gasteiger partial charge in [0.25, 0.3) is 5.69 Å². The lowest BCUT2D eigenvalue weighted by molar-refractivity contribution is -0.384. The van der Waals surface area contributed by atoms with Crippen LogP contribution in [0.1, 0.15) is 25.1 Å². The summed E-state index contributed by atoms with van der Waals surface area (Å²) in [6.45, 7) is 0.719. The molecule has 1 aromatic heterocycles. The summed E-state index contributed by atoms with van der Waals surface area (Å²) in [5, 5.41) is 10.8. The Kier molecular flexibility index (Phi) is 4.84. The van der Waals surface area contributed by atoms with Crippen molar-refractivity contribution in [1.82, 2.24) is 9.97 Å². The maximum absolute atomic E-state index is 10.8. The molecule has 6 heteroatoms. The largest absolute Gasteiger partial charge is 0.342 e. The third kappa shape index (κ3) is 3.64. The number of non-ortho nitro benzene ring substituents is 1. The Morgan fingerprint density at radius 3 is 2.90 bits per heavy atom. The zero-order valence-corrected chi connectivity index (χ0v) is 11.2. The number of aryl methyl sites for hydroxylation is 1. The zero-order chi connectivity index (χ0) is 14.4. The molecule has 0 unspecified atom stereocenters. The number of aromatic nitrogens is 2. The van der Waals surface area contributed by atoms with Crippen molar-refractivity contribution in [3.05, 3.63) is 46.4 Å². The van der Waals surface area contributed by atoms with Crippen molar-refractivity contribution < 1.29 is 4.92 Å². The SMILES string of the molecule is NCCCCCc1ncc(-c2cccc([N+](=O)[O-])c2)[nH]1. The van der Waals surface area contributed by atoms with E-state index in [2.05, 4.69) is 9.97 Å². The maximum Gasteiger partial charge on any atom is 0.270 e. The van der Waals surface area contributed by atoms with E-state index < -0.39 is 4.92 Å². The number of hydrogen-bond acceptors (Lipinski definition) is 4. The first kappa shape index (κ1) is 14.2. The molecule has 0 bridgehead atoms. The minimum Gasteiger partial charge on any atom is -0.342 e. The smallest absolute Gasteiger partial charge is 0.270 e. The van der Waals surface area contributed by atoms with Gasteiger partial charge in [0.05, 0.1) is 16.8 Å². The third-order valence-electron chi connectivity index (χ3n) is 3.11. The van der Waals surface area contributed by atoms with Gasteiger partial charge in [0.2, 0.25) is 0 Å². The minimum atomic E-state index is -0.395. The molecule has 3 N–H and O–H groups in total. The van der Waals surface area contributed by atoms with Crippen molar-refractivity contribution in [2.75, 3.05) is 6.54 Å². The van der Waals surface area contributed by atoms with E-state index in [1.807, 2.05) is 6.07 Å². The molecule has 0 saturated carbocycles. The summed E-state index contributed by atoms with van der Waals surface area (Å²) in [5.74, 6) is 0.906. The van der Waals surface area contributed by atoms with Crippen LogP contribution in [0.2, 0.25) is 0 Å². The first-order chi connectivity index (χ1) is 9.70. The molecule has 1 aromatic carbocycles. The Morgan fingerprint density at radius 1 is 1.30 bits per heavy atom. The molecule has 0 aliphatic carbocycles. The molecule has 0 radical (unpaired) electrons. The van der Waals surface area contributed by atoms with Crippen LogP contribution in [0.4, 0.5) is 5.69 Å². The molecule has 2 aromatic rings. The number of rotatable bonds is 7. The molecule has 1 heterocycles. The van der Waals surface area contributed by atoms with Crippen LogP contribution in [0, 0.1) is 10.1 Å². The van der Waals surface area contributed by atoms with Gasteiger partial charge in [0.15, 0.2) is 0 Å². The molecule has 0 aliphatic rings. The van der Waals surface area contributed by atoms with Crippen LogP contribution in [-0.4, -0.2) is 21.4 Å². The number of H-pyrrole nitrogens is 1. The highest BCUT2D eigenvalue weighted by Gasteiger charge is 2.09. The topological polar surface area (TPSA) is 97.8 Å². The number of nitrogens with one attached hydrogen (secondary N) is 1. The standard InChI is InChI=1S/C14H18N4O2/c15-8-3-1-2-7-14-16-10-13(17-14)11-5-4-6-12(9-11)18(19)20/h4-6,9-10H,1-3,7-8,15H2,(H,16,17). The van der Waals surface area contributed by atoms with Gasteiger partial charge in [0.1, 0.15) is 5.82 Å². The van der Waals surface area contributed by atoms with Crippen LogP contribution in [-0.2, 0) is 6.42 Å². The number of nitro benzene ring substituents is 1. The van der Waals surface area contributed by atoms with E-state index in [4.69, 9.17) is 5.73 Å². The molecule has 0 amide bonds. The molecule has 2 rings (SSSR count). The number of nitrogens with zero attached hydrogens (tertiary/aromatic N) is 2. The quantitative estimate of drug-likeness (QED) is 0.460. The molecule has 0 fully saturated rings. The highest BCUT2D eigenvalue weighted by molar-refractivity contribution is 5.61. The van der Waals surface area contributed by atoms with Crippen molar-refractivity contribution >= 4 is 5.69 Å². The van der Waals surface area contributed by atoms with Crippen molar-refractivity contribution in [3.63, 3.8) is 0 Å². The summed E-state index contributed by atoms with van der Waals surface area (Å²) in [7, 11) is 0. The van der Waals surface area contributed by atoms with E-state index in [1.165, 1.54) is 6.07 Å². The van der Waals surface area contributed by atoms with E-state index in [1.54, 1.807) is 18.3 Å². The Labute approximate surface area is 117 Å². The van der Waals surface area contributed by atoms with Gasteiger partial charge >= 0.3 is 0 Å². The maximum atomic E-state index is 10.8.